The number of nitrogens with one attached hydrogen (secondary N) is 3. The van der Waals surface area contributed by atoms with Crippen LogP contribution in [0.3, 0.4) is 0 Å². The van der Waals surface area contributed by atoms with Crippen LogP contribution in [-0.4, -0.2) is 70.1 Å². The summed E-state index contributed by atoms with van der Waals surface area (Å²) in [6, 6.07) is 13.3. The summed E-state index contributed by atoms with van der Waals surface area (Å²) in [5.41, 5.74) is 1.04. The Kier molecular flexibility index (Phi) is 9.95. The van der Waals surface area contributed by atoms with E-state index < -0.39 is 21.8 Å². The fourth-order valence-corrected chi connectivity index (χ4v) is 4.38. The van der Waals surface area contributed by atoms with Crippen molar-refractivity contribution in [1.82, 2.24) is 20.3 Å². The fraction of sp³-hybridized carbons (Fsp3) is 0.231. The highest BCUT2D eigenvalue weighted by Gasteiger charge is 2.20. The Morgan fingerprint density at radius 1 is 0.872 bits per heavy atom. The van der Waals surface area contributed by atoms with Gasteiger partial charge in [0.05, 0.1) is 36.8 Å². The number of aliphatic hydroxyl groups excluding tert-OH is 1. The van der Waals surface area contributed by atoms with Gasteiger partial charge in [-0.05, 0) is 54.4 Å². The summed E-state index contributed by atoms with van der Waals surface area (Å²) < 4.78 is 37.7. The van der Waals surface area contributed by atoms with E-state index in [1.54, 1.807) is 30.3 Å². The van der Waals surface area contributed by atoms with Crippen LogP contribution in [0, 0.1) is 0 Å². The largest absolute Gasteiger partial charge is 0.497 e. The molecule has 0 unspecified atom stereocenters. The number of aliphatic hydroxyl groups is 1. The molecule has 1 aromatic heterocycles. The van der Waals surface area contributed by atoms with Gasteiger partial charge in [-0.15, -0.1) is 0 Å². The van der Waals surface area contributed by atoms with Crippen LogP contribution in [0.5, 0.6) is 11.5 Å². The van der Waals surface area contributed by atoms with Crippen LogP contribution >= 0.6 is 0 Å². The lowest BCUT2D eigenvalue weighted by molar-refractivity contribution is 0.0934. The van der Waals surface area contributed by atoms with E-state index in [9.17, 15) is 22.8 Å². The van der Waals surface area contributed by atoms with Crippen molar-refractivity contribution in [3.63, 3.8) is 0 Å². The van der Waals surface area contributed by atoms with Crippen LogP contribution in [0.15, 0.2) is 65.7 Å². The minimum absolute atomic E-state index is 0.0114. The molecular formula is C26H28N4O8S. The van der Waals surface area contributed by atoms with E-state index in [4.69, 9.17) is 14.6 Å². The zero-order chi connectivity index (χ0) is 28.4. The van der Waals surface area contributed by atoms with Gasteiger partial charge in [-0.2, -0.15) is 0 Å². The lowest BCUT2D eigenvalue weighted by Gasteiger charge is -2.11. The molecule has 0 fully saturated rings. The highest BCUT2D eigenvalue weighted by atomic mass is 32.2. The lowest BCUT2D eigenvalue weighted by atomic mass is 10.1. The van der Waals surface area contributed by atoms with Gasteiger partial charge < -0.3 is 25.2 Å². The van der Waals surface area contributed by atoms with Crippen LogP contribution < -0.4 is 24.8 Å². The molecule has 0 spiro atoms. The molecule has 0 saturated carbocycles. The van der Waals surface area contributed by atoms with E-state index >= 15 is 0 Å². The van der Waals surface area contributed by atoms with Crippen molar-refractivity contribution in [2.24, 2.45) is 0 Å². The third-order valence-electron chi connectivity index (χ3n) is 5.47. The van der Waals surface area contributed by atoms with E-state index in [0.717, 1.165) is 11.8 Å². The predicted octanol–water partition coefficient (Wildman–Crippen LogP) is 0.912. The Morgan fingerprint density at radius 3 is 2.21 bits per heavy atom. The fourth-order valence-electron chi connectivity index (χ4n) is 3.40. The highest BCUT2D eigenvalue weighted by Crippen LogP contribution is 2.23. The number of carbonyl (C=O) groups is 3. The van der Waals surface area contributed by atoms with Gasteiger partial charge in [-0.1, -0.05) is 12.1 Å². The SMILES string of the molecule is COc1ccc(OC)c(C(=O)NCCc2ccc(S(=O)(=O)NC(=O)c3ccc(C(=O)NCCO)nc3)cc2)c1. The van der Waals surface area contributed by atoms with Gasteiger partial charge in [0.1, 0.15) is 17.2 Å². The molecule has 0 radical (unpaired) electrons. The number of pyridine rings is 1. The van der Waals surface area contributed by atoms with Gasteiger partial charge in [0.15, 0.2) is 0 Å². The maximum absolute atomic E-state index is 12.7. The van der Waals surface area contributed by atoms with E-state index in [-0.39, 0.29) is 41.8 Å². The molecule has 3 amide bonds. The van der Waals surface area contributed by atoms with Gasteiger partial charge in [-0.3, -0.25) is 19.4 Å². The highest BCUT2D eigenvalue weighted by molar-refractivity contribution is 7.90. The summed E-state index contributed by atoms with van der Waals surface area (Å²) in [4.78, 5) is 40.6. The van der Waals surface area contributed by atoms with Crippen molar-refractivity contribution in [3.8, 4) is 11.5 Å². The quantitative estimate of drug-likeness (QED) is 0.253. The zero-order valence-corrected chi connectivity index (χ0v) is 22.1. The summed E-state index contributed by atoms with van der Waals surface area (Å²) in [6.45, 7) is 0.0948. The minimum atomic E-state index is -4.18. The number of rotatable bonds is 12. The van der Waals surface area contributed by atoms with Crippen LogP contribution in [0.4, 0.5) is 0 Å². The van der Waals surface area contributed by atoms with E-state index in [1.165, 1.54) is 38.5 Å². The molecule has 0 aliphatic carbocycles. The first-order chi connectivity index (χ1) is 18.7. The molecule has 3 aromatic rings. The number of sulfonamides is 1. The molecule has 3 rings (SSSR count). The number of aromatic nitrogens is 1. The average Bonchev–Trinajstić information content (AvgIpc) is 2.95. The predicted molar refractivity (Wildman–Crippen MR) is 140 cm³/mol. The normalized spacial score (nSPS) is 10.8. The molecule has 0 aliphatic heterocycles. The monoisotopic (exact) mass is 556 g/mol. The molecule has 4 N–H and O–H groups in total. The van der Waals surface area contributed by atoms with Gasteiger partial charge in [0.2, 0.25) is 0 Å². The number of hydrogen-bond donors (Lipinski definition) is 4. The van der Waals surface area contributed by atoms with Crippen LogP contribution in [0.1, 0.15) is 36.8 Å². The molecule has 13 heteroatoms. The molecular weight excluding hydrogens is 528 g/mol. The van der Waals surface area contributed by atoms with Gasteiger partial charge in [0.25, 0.3) is 27.7 Å². The van der Waals surface area contributed by atoms with Crippen LogP contribution in [-0.2, 0) is 16.4 Å². The lowest BCUT2D eigenvalue weighted by Crippen LogP contribution is -2.31. The number of nitrogens with zero attached hydrogens (tertiary/aromatic N) is 1. The van der Waals surface area contributed by atoms with Crippen molar-refractivity contribution >= 4 is 27.7 Å². The summed E-state index contributed by atoms with van der Waals surface area (Å²) in [5.74, 6) is -0.881. The summed E-state index contributed by atoms with van der Waals surface area (Å²) in [7, 11) is -1.22. The molecule has 0 atom stereocenters. The number of hydrogen-bond acceptors (Lipinski definition) is 9. The summed E-state index contributed by atoms with van der Waals surface area (Å²) in [5, 5.41) is 14.0. The van der Waals surface area contributed by atoms with E-state index in [0.29, 0.717) is 23.5 Å². The second-order valence-electron chi connectivity index (χ2n) is 8.06. The van der Waals surface area contributed by atoms with E-state index in [1.807, 2.05) is 4.72 Å². The number of carbonyl (C=O) groups excluding carboxylic acids is 3. The molecule has 1 heterocycles. The second-order valence-corrected chi connectivity index (χ2v) is 9.74. The van der Waals surface area contributed by atoms with Crippen molar-refractivity contribution in [3.05, 3.63) is 83.2 Å². The Bertz CT molecular complexity index is 1430. The summed E-state index contributed by atoms with van der Waals surface area (Å²) in [6.07, 6.45) is 1.51. The van der Waals surface area contributed by atoms with Crippen molar-refractivity contribution in [1.29, 1.82) is 0 Å². The number of benzene rings is 2. The maximum Gasteiger partial charge on any atom is 0.269 e. The minimum Gasteiger partial charge on any atom is -0.497 e. The molecule has 0 bridgehead atoms. The third-order valence-corrected chi connectivity index (χ3v) is 6.81. The van der Waals surface area contributed by atoms with Gasteiger partial charge >= 0.3 is 0 Å². The van der Waals surface area contributed by atoms with Gasteiger partial charge in [0, 0.05) is 19.3 Å². The Balaban J connectivity index is 1.56. The number of ether oxygens (including phenoxy) is 2. The maximum atomic E-state index is 12.7. The molecule has 0 saturated heterocycles. The first-order valence-corrected chi connectivity index (χ1v) is 13.2. The van der Waals surface area contributed by atoms with Crippen molar-refractivity contribution in [2.75, 3.05) is 33.9 Å². The average molecular weight is 557 g/mol. The standard InChI is InChI=1S/C26H28N4O8S/c1-37-19-6-10-23(38-2)21(15-19)25(33)27-12-11-17-3-7-20(8-4-17)39(35,36)30-24(32)18-5-9-22(29-16-18)26(34)28-13-14-31/h3-10,15-16,31H,11-14H2,1-2H3,(H,27,33)(H,28,34)(H,30,32). The topological polar surface area (TPSA) is 173 Å². The first kappa shape index (κ1) is 29.1. The Hall–Kier alpha value is -4.49. The zero-order valence-electron chi connectivity index (χ0n) is 21.3. The van der Waals surface area contributed by atoms with Crippen molar-refractivity contribution in [2.45, 2.75) is 11.3 Å². The molecule has 39 heavy (non-hydrogen) atoms. The van der Waals surface area contributed by atoms with E-state index in [2.05, 4.69) is 15.6 Å². The van der Waals surface area contributed by atoms with Crippen LogP contribution in [0.2, 0.25) is 0 Å². The molecule has 206 valence electrons. The summed E-state index contributed by atoms with van der Waals surface area (Å²) >= 11 is 0. The van der Waals surface area contributed by atoms with Crippen LogP contribution in [0.25, 0.3) is 0 Å². The second kappa shape index (κ2) is 13.3. The molecule has 2 aromatic carbocycles. The molecule has 12 nitrogen and oxygen atoms in total. The Labute approximate surface area is 225 Å². The first-order valence-electron chi connectivity index (χ1n) is 11.7. The van der Waals surface area contributed by atoms with Crippen molar-refractivity contribution < 1.29 is 37.4 Å². The third kappa shape index (κ3) is 7.75. The number of methoxy groups -OCH3 is 2. The Morgan fingerprint density at radius 2 is 1.59 bits per heavy atom. The van der Waals surface area contributed by atoms with Gasteiger partial charge in [-0.25, -0.2) is 13.1 Å². The molecule has 0 aliphatic rings. The number of amides is 3. The smallest absolute Gasteiger partial charge is 0.269 e.